The highest BCUT2D eigenvalue weighted by Gasteiger charge is 2.21. The molecule has 2 nitrogen and oxygen atoms in total. The van der Waals surface area contributed by atoms with Crippen LogP contribution in [0.2, 0.25) is 0 Å². The summed E-state index contributed by atoms with van der Waals surface area (Å²) in [6.45, 7) is 7.59. The van der Waals surface area contributed by atoms with Crippen LogP contribution in [0.4, 0.5) is 0 Å². The number of carbonyl (C=O) groups is 1. The minimum absolute atomic E-state index is 0.151. The molecule has 0 unspecified atom stereocenters. The Morgan fingerprint density at radius 3 is 2.95 bits per heavy atom. The molecule has 1 aliphatic carbocycles. The van der Waals surface area contributed by atoms with Gasteiger partial charge in [0.2, 0.25) is 5.91 Å². The van der Waals surface area contributed by atoms with E-state index in [1.807, 2.05) is 11.8 Å². The maximum absolute atomic E-state index is 11.9. The molecule has 1 amide bonds. The second-order valence-corrected chi connectivity index (χ2v) is 5.84. The van der Waals surface area contributed by atoms with Gasteiger partial charge in [0.15, 0.2) is 0 Å². The predicted octanol–water partition coefficient (Wildman–Crippen LogP) is 4.02. The minimum atomic E-state index is 0.151. The second kappa shape index (κ2) is 7.28. The first-order chi connectivity index (χ1) is 9.69. The fourth-order valence-electron chi connectivity index (χ4n) is 2.48. The van der Waals surface area contributed by atoms with Gasteiger partial charge >= 0.3 is 0 Å². The molecular formula is C18H25NO. The number of amides is 1. The SMILES string of the molecule is C=C(/C=C\CN1CC(CC/C=C\C)=CC1=O)CC1CC1. The van der Waals surface area contributed by atoms with Crippen molar-refractivity contribution in [3.05, 3.63) is 48.1 Å². The van der Waals surface area contributed by atoms with Gasteiger partial charge in [0, 0.05) is 19.2 Å². The molecule has 0 aromatic carbocycles. The first-order valence-corrected chi connectivity index (χ1v) is 7.63. The Hall–Kier alpha value is -1.57. The van der Waals surface area contributed by atoms with E-state index < -0.39 is 0 Å². The van der Waals surface area contributed by atoms with E-state index in [-0.39, 0.29) is 5.91 Å². The monoisotopic (exact) mass is 271 g/mol. The average molecular weight is 271 g/mol. The van der Waals surface area contributed by atoms with Gasteiger partial charge in [-0.25, -0.2) is 0 Å². The van der Waals surface area contributed by atoms with Crippen LogP contribution in [-0.4, -0.2) is 23.9 Å². The zero-order valence-electron chi connectivity index (χ0n) is 12.5. The lowest BCUT2D eigenvalue weighted by atomic mass is 10.1. The number of hydrogen-bond donors (Lipinski definition) is 0. The van der Waals surface area contributed by atoms with Crippen LogP contribution in [0.25, 0.3) is 0 Å². The second-order valence-electron chi connectivity index (χ2n) is 5.84. The summed E-state index contributed by atoms with van der Waals surface area (Å²) in [6, 6.07) is 0. The van der Waals surface area contributed by atoms with Crippen molar-refractivity contribution in [3.8, 4) is 0 Å². The predicted molar refractivity (Wildman–Crippen MR) is 84.3 cm³/mol. The normalized spacial score (nSPS) is 19.4. The van der Waals surface area contributed by atoms with Gasteiger partial charge in [0.25, 0.3) is 0 Å². The first-order valence-electron chi connectivity index (χ1n) is 7.63. The van der Waals surface area contributed by atoms with E-state index >= 15 is 0 Å². The molecule has 0 atom stereocenters. The molecule has 1 fully saturated rings. The Kier molecular flexibility index (Phi) is 5.40. The quantitative estimate of drug-likeness (QED) is 0.482. The van der Waals surface area contributed by atoms with Gasteiger partial charge in [-0.1, -0.05) is 36.5 Å². The Morgan fingerprint density at radius 2 is 2.25 bits per heavy atom. The smallest absolute Gasteiger partial charge is 0.247 e. The highest BCUT2D eigenvalue weighted by Crippen LogP contribution is 2.34. The molecule has 0 N–H and O–H groups in total. The number of hydrogen-bond acceptors (Lipinski definition) is 1. The summed E-state index contributed by atoms with van der Waals surface area (Å²) < 4.78 is 0. The Labute approximate surface area is 122 Å². The van der Waals surface area contributed by atoms with Crippen molar-refractivity contribution in [1.29, 1.82) is 0 Å². The zero-order chi connectivity index (χ0) is 14.4. The van der Waals surface area contributed by atoms with E-state index in [1.54, 1.807) is 6.08 Å². The van der Waals surface area contributed by atoms with Gasteiger partial charge < -0.3 is 4.90 Å². The molecule has 20 heavy (non-hydrogen) atoms. The van der Waals surface area contributed by atoms with Gasteiger partial charge in [-0.15, -0.1) is 0 Å². The standard InChI is InChI=1S/C18H25NO/c1-3-4-5-8-17-13-18(20)19(14-17)11-6-7-15(2)12-16-9-10-16/h3-4,6-7,13,16H,2,5,8-12,14H2,1H3/b4-3-,7-6-. The lowest BCUT2D eigenvalue weighted by Crippen LogP contribution is -2.25. The molecule has 2 rings (SSSR count). The zero-order valence-corrected chi connectivity index (χ0v) is 12.5. The van der Waals surface area contributed by atoms with E-state index in [2.05, 4.69) is 30.9 Å². The Balaban J connectivity index is 1.70. The summed E-state index contributed by atoms with van der Waals surface area (Å²) in [6.07, 6.45) is 16.0. The maximum atomic E-state index is 11.9. The molecule has 0 aromatic rings. The third kappa shape index (κ3) is 4.84. The molecule has 0 radical (unpaired) electrons. The van der Waals surface area contributed by atoms with Crippen LogP contribution in [0.1, 0.15) is 39.0 Å². The van der Waals surface area contributed by atoms with Crippen LogP contribution in [0.5, 0.6) is 0 Å². The van der Waals surface area contributed by atoms with Crippen molar-refractivity contribution in [2.45, 2.75) is 39.0 Å². The van der Waals surface area contributed by atoms with Gasteiger partial charge in [-0.3, -0.25) is 4.79 Å². The molecule has 108 valence electrons. The van der Waals surface area contributed by atoms with E-state index in [4.69, 9.17) is 0 Å². The van der Waals surface area contributed by atoms with E-state index in [1.165, 1.54) is 24.0 Å². The number of carbonyl (C=O) groups excluding carboxylic acids is 1. The molecule has 2 heteroatoms. The summed E-state index contributed by atoms with van der Waals surface area (Å²) in [5.74, 6) is 1.03. The van der Waals surface area contributed by atoms with Gasteiger partial charge in [0.05, 0.1) is 0 Å². The Bertz CT molecular complexity index is 452. The highest BCUT2D eigenvalue weighted by atomic mass is 16.2. The Morgan fingerprint density at radius 1 is 1.45 bits per heavy atom. The summed E-state index contributed by atoms with van der Waals surface area (Å²) in [4.78, 5) is 13.8. The van der Waals surface area contributed by atoms with Gasteiger partial charge in [-0.05, 0) is 50.5 Å². The number of nitrogens with zero attached hydrogens (tertiary/aromatic N) is 1. The summed E-state index contributed by atoms with van der Waals surface area (Å²) in [5, 5.41) is 0. The number of rotatable bonds is 8. The molecule has 0 spiro atoms. The molecule has 0 saturated heterocycles. The number of allylic oxidation sites excluding steroid dienone is 4. The van der Waals surface area contributed by atoms with Crippen LogP contribution >= 0.6 is 0 Å². The molecule has 1 heterocycles. The van der Waals surface area contributed by atoms with Crippen LogP contribution in [0.3, 0.4) is 0 Å². The molecule has 0 aromatic heterocycles. The van der Waals surface area contributed by atoms with Crippen LogP contribution in [-0.2, 0) is 4.79 Å². The molecule has 1 saturated carbocycles. The van der Waals surface area contributed by atoms with E-state index in [9.17, 15) is 4.79 Å². The topological polar surface area (TPSA) is 20.3 Å². The van der Waals surface area contributed by atoms with Crippen molar-refractivity contribution in [1.82, 2.24) is 4.90 Å². The average Bonchev–Trinajstić information content (AvgIpc) is 3.14. The van der Waals surface area contributed by atoms with Crippen molar-refractivity contribution in [2.24, 2.45) is 5.92 Å². The van der Waals surface area contributed by atoms with Gasteiger partial charge in [0.1, 0.15) is 0 Å². The van der Waals surface area contributed by atoms with Gasteiger partial charge in [-0.2, -0.15) is 0 Å². The molecule has 1 aliphatic heterocycles. The molecular weight excluding hydrogens is 246 g/mol. The lowest BCUT2D eigenvalue weighted by Gasteiger charge is -2.14. The van der Waals surface area contributed by atoms with Crippen LogP contribution in [0, 0.1) is 5.92 Å². The third-order valence-electron chi connectivity index (χ3n) is 3.83. The van der Waals surface area contributed by atoms with E-state index in [0.29, 0.717) is 6.54 Å². The maximum Gasteiger partial charge on any atom is 0.247 e. The van der Waals surface area contributed by atoms with Crippen molar-refractivity contribution < 1.29 is 4.79 Å². The summed E-state index contributed by atoms with van der Waals surface area (Å²) >= 11 is 0. The largest absolute Gasteiger partial charge is 0.331 e. The lowest BCUT2D eigenvalue weighted by molar-refractivity contribution is -0.124. The highest BCUT2D eigenvalue weighted by molar-refractivity contribution is 5.91. The molecule has 0 bridgehead atoms. The fraction of sp³-hybridized carbons (Fsp3) is 0.500. The minimum Gasteiger partial charge on any atom is -0.331 e. The van der Waals surface area contributed by atoms with Crippen LogP contribution < -0.4 is 0 Å². The van der Waals surface area contributed by atoms with Crippen LogP contribution in [0.15, 0.2) is 48.1 Å². The van der Waals surface area contributed by atoms with Crippen molar-refractivity contribution >= 4 is 5.91 Å². The van der Waals surface area contributed by atoms with Crippen molar-refractivity contribution in [2.75, 3.05) is 13.1 Å². The first kappa shape index (κ1) is 14.8. The summed E-state index contributed by atoms with van der Waals surface area (Å²) in [7, 11) is 0. The van der Waals surface area contributed by atoms with E-state index in [0.717, 1.165) is 31.7 Å². The fourth-order valence-corrected chi connectivity index (χ4v) is 2.48. The summed E-state index contributed by atoms with van der Waals surface area (Å²) in [5.41, 5.74) is 2.44. The van der Waals surface area contributed by atoms with Crippen molar-refractivity contribution in [3.63, 3.8) is 0 Å². The third-order valence-corrected chi connectivity index (χ3v) is 3.83. The molecule has 2 aliphatic rings.